The first-order valence-electron chi connectivity index (χ1n) is 15.2. The van der Waals surface area contributed by atoms with Crippen molar-refractivity contribution in [3.05, 3.63) is 74.5 Å². The number of amides is 2. The maximum absolute atomic E-state index is 12.6. The van der Waals surface area contributed by atoms with Gasteiger partial charge < -0.3 is 35.9 Å². The highest BCUT2D eigenvalue weighted by Crippen LogP contribution is 2.38. The lowest BCUT2D eigenvalue weighted by Gasteiger charge is -2.12. The Labute approximate surface area is 265 Å². The third-order valence-electron chi connectivity index (χ3n) is 9.50. The second kappa shape index (κ2) is 12.8. The lowest BCUT2D eigenvalue weighted by atomic mass is 9.91. The molecule has 5 rings (SSSR count). The Hall–Kier alpha value is -4.03. The molecule has 240 valence electrons. The first-order valence-corrected chi connectivity index (χ1v) is 16.3. The highest BCUT2D eigenvalue weighted by molar-refractivity contribution is 7.86. The van der Waals surface area contributed by atoms with Crippen LogP contribution in [0.3, 0.4) is 0 Å². The van der Waals surface area contributed by atoms with Gasteiger partial charge in [0.05, 0.1) is 12.0 Å². The topological polar surface area (TPSA) is 185 Å². The third kappa shape index (κ3) is 6.53. The molecule has 0 bridgehead atoms. The minimum absolute atomic E-state index is 0.0134. The Morgan fingerprint density at radius 2 is 1.76 bits per heavy atom. The van der Waals surface area contributed by atoms with Crippen molar-refractivity contribution in [3.63, 3.8) is 0 Å². The maximum Gasteiger partial charge on any atom is 0.332 e. The second-order valence-electron chi connectivity index (χ2n) is 12.3. The Bertz CT molecular complexity index is 1640. The van der Waals surface area contributed by atoms with E-state index in [2.05, 4.69) is 27.2 Å². The van der Waals surface area contributed by atoms with Crippen molar-refractivity contribution in [1.82, 2.24) is 20.6 Å². The summed E-state index contributed by atoms with van der Waals surface area (Å²) in [6, 6.07) is -0.238. The van der Waals surface area contributed by atoms with Gasteiger partial charge in [0, 0.05) is 65.6 Å². The average Bonchev–Trinajstić information content (AvgIpc) is 3.56. The van der Waals surface area contributed by atoms with Crippen molar-refractivity contribution in [1.29, 1.82) is 0 Å². The molecule has 2 aromatic heterocycles. The summed E-state index contributed by atoms with van der Waals surface area (Å²) in [5, 5.41) is 35.8. The van der Waals surface area contributed by atoms with Crippen LogP contribution >= 0.6 is 0 Å². The van der Waals surface area contributed by atoms with Crippen molar-refractivity contribution < 1.29 is 34.5 Å². The number of aromatic nitrogens is 2. The van der Waals surface area contributed by atoms with Crippen LogP contribution < -0.4 is 10.6 Å². The van der Waals surface area contributed by atoms with Gasteiger partial charge in [0.1, 0.15) is 0 Å². The molecule has 45 heavy (non-hydrogen) atoms. The smallest absolute Gasteiger partial charge is 0.332 e. The van der Waals surface area contributed by atoms with Crippen molar-refractivity contribution in [2.24, 2.45) is 11.8 Å². The lowest BCUT2D eigenvalue weighted by Crippen LogP contribution is -2.30. The number of aliphatic hydroxyl groups is 1. The highest BCUT2D eigenvalue weighted by atomic mass is 32.2. The van der Waals surface area contributed by atoms with E-state index in [1.54, 1.807) is 6.08 Å². The average molecular weight is 638 g/mol. The van der Waals surface area contributed by atoms with Crippen LogP contribution in [-0.2, 0) is 56.6 Å². The molecule has 5 atom stereocenters. The molecule has 2 fully saturated rings. The molecule has 0 unspecified atom stereocenters. The van der Waals surface area contributed by atoms with Gasteiger partial charge in [-0.15, -0.1) is 0 Å². The summed E-state index contributed by atoms with van der Waals surface area (Å²) in [7, 11) is 0. The molecule has 0 spiro atoms. The summed E-state index contributed by atoms with van der Waals surface area (Å²) in [4.78, 5) is 55.2. The number of carbonyl (C=O) groups excluding carboxylic acids is 2. The van der Waals surface area contributed by atoms with Crippen molar-refractivity contribution in [2.75, 3.05) is 5.75 Å². The van der Waals surface area contributed by atoms with Gasteiger partial charge >= 0.3 is 11.9 Å². The van der Waals surface area contributed by atoms with E-state index in [9.17, 15) is 34.5 Å². The van der Waals surface area contributed by atoms with Gasteiger partial charge in [-0.25, -0.2) is 4.79 Å². The number of aliphatic hydroxyl groups excluding tert-OH is 1. The monoisotopic (exact) mass is 637 g/mol. The van der Waals surface area contributed by atoms with Crippen LogP contribution in [-0.4, -0.2) is 72.2 Å². The summed E-state index contributed by atoms with van der Waals surface area (Å²) in [5.41, 5.74) is 8.55. The van der Waals surface area contributed by atoms with Crippen molar-refractivity contribution in [3.8, 4) is 0 Å². The molecule has 3 aliphatic rings. The zero-order valence-electron chi connectivity index (χ0n) is 25.9. The Morgan fingerprint density at radius 3 is 2.36 bits per heavy atom. The van der Waals surface area contributed by atoms with Crippen molar-refractivity contribution >= 4 is 41.6 Å². The van der Waals surface area contributed by atoms with E-state index in [4.69, 9.17) is 0 Å². The minimum atomic E-state index is -1.62. The van der Waals surface area contributed by atoms with E-state index in [0.717, 1.165) is 50.8 Å². The number of thiol groups is 1. The van der Waals surface area contributed by atoms with Gasteiger partial charge in [0.15, 0.2) is 17.1 Å². The summed E-state index contributed by atoms with van der Waals surface area (Å²) in [5.74, 6) is -1.44. The van der Waals surface area contributed by atoms with Crippen LogP contribution in [0.2, 0.25) is 0 Å². The molecule has 11 nitrogen and oxygen atoms in total. The van der Waals surface area contributed by atoms with Gasteiger partial charge in [-0.05, 0) is 72.9 Å². The maximum atomic E-state index is 12.6. The first-order chi connectivity index (χ1) is 21.3. The van der Waals surface area contributed by atoms with Crippen LogP contribution in [0.5, 0.6) is 0 Å². The van der Waals surface area contributed by atoms with Crippen LogP contribution in [0.1, 0.15) is 65.3 Å². The van der Waals surface area contributed by atoms with Gasteiger partial charge in [-0.2, -0.15) is 0 Å². The molecule has 2 saturated heterocycles. The number of aromatic amines is 2. The van der Waals surface area contributed by atoms with E-state index in [1.165, 1.54) is 11.8 Å². The Balaban J connectivity index is 1.53. The SMILES string of the molecule is C=CC1=C(C)[C@@H](Cc2[nH]c(Cc3[nH]c(/C=C4\NC(=O)[C@H](C)[C@H]4[C@H]4C[SH+]4)c(C)c3C[C@@H](O)C(=O)O)c(CCC(=O)O)c2C)NC1=O. The highest BCUT2D eigenvalue weighted by Gasteiger charge is 2.52. The molecule has 2 aromatic rings. The first kappa shape index (κ1) is 32.4. The molecule has 0 aromatic carbocycles. The van der Waals surface area contributed by atoms with E-state index in [-0.39, 0.29) is 49.0 Å². The molecule has 12 heteroatoms. The fraction of sp³-hybridized carbons (Fsp3) is 0.455. The number of rotatable bonds is 13. The van der Waals surface area contributed by atoms with E-state index >= 15 is 0 Å². The molecular formula is C33H41N4O7S+. The van der Waals surface area contributed by atoms with Crippen LogP contribution in [0.15, 0.2) is 29.5 Å². The predicted molar refractivity (Wildman–Crippen MR) is 172 cm³/mol. The standard InChI is InChI=1S/C33H40N4O7S/c1-6-18-14(2)23(36-32(18)42)10-21-15(3)19(7-8-29(39)40)24(34-21)12-25-20(9-27(38)33(43)44)16(4)22(35-25)11-26-30(28-13-45-28)17(5)31(41)37-26/h6,11,17,23,27-28,30,34-35,38H,1,7-10,12-13H2,2-5H3,(H,36,42)(H,37,41)(H,39,40)(H,43,44)/p+1/b26-11-/t17-,23-,27-,28-,30-/m1/s1. The number of allylic oxidation sites excluding steroid dienone is 1. The minimum Gasteiger partial charge on any atom is -0.481 e. The van der Waals surface area contributed by atoms with Gasteiger partial charge in [0.25, 0.3) is 5.91 Å². The quantitative estimate of drug-likeness (QED) is 0.0995. The molecule has 2 amide bonds. The fourth-order valence-corrected chi connectivity index (χ4v) is 7.69. The van der Waals surface area contributed by atoms with E-state index in [0.29, 0.717) is 34.9 Å². The van der Waals surface area contributed by atoms with Crippen LogP contribution in [0.25, 0.3) is 6.08 Å². The number of aliphatic carboxylic acids is 2. The largest absolute Gasteiger partial charge is 0.481 e. The summed E-state index contributed by atoms with van der Waals surface area (Å²) >= 11 is 1.32. The molecule has 0 saturated carbocycles. The number of hydrogen-bond acceptors (Lipinski definition) is 5. The normalized spacial score (nSPS) is 24.2. The van der Waals surface area contributed by atoms with Gasteiger partial charge in [-0.1, -0.05) is 19.6 Å². The third-order valence-corrected chi connectivity index (χ3v) is 10.6. The van der Waals surface area contributed by atoms with Gasteiger partial charge in [0.2, 0.25) is 5.91 Å². The summed E-state index contributed by atoms with van der Waals surface area (Å²) < 4.78 is 0. The fourth-order valence-electron chi connectivity index (χ4n) is 6.70. The Morgan fingerprint density at radius 1 is 1.07 bits per heavy atom. The predicted octanol–water partition coefficient (Wildman–Crippen LogP) is 2.02. The van der Waals surface area contributed by atoms with E-state index in [1.807, 2.05) is 33.8 Å². The molecule has 5 heterocycles. The number of carboxylic acids is 2. The molecule has 0 aliphatic carbocycles. The second-order valence-corrected chi connectivity index (χ2v) is 13.7. The molecule has 3 aliphatic heterocycles. The number of nitrogens with one attached hydrogen (secondary N) is 4. The lowest BCUT2D eigenvalue weighted by molar-refractivity contribution is -0.146. The number of carboxylic acid groups (broad SMARTS) is 2. The number of hydrogen-bond donors (Lipinski definition) is 7. The molecular weight excluding hydrogens is 596 g/mol. The summed E-state index contributed by atoms with van der Waals surface area (Å²) in [6.07, 6.45) is 2.74. The number of carbonyl (C=O) groups is 4. The van der Waals surface area contributed by atoms with Crippen LogP contribution in [0, 0.1) is 25.7 Å². The Kier molecular flexibility index (Phi) is 9.18. The molecule has 7 N–H and O–H groups in total. The van der Waals surface area contributed by atoms with Crippen LogP contribution in [0.4, 0.5) is 0 Å². The zero-order valence-corrected chi connectivity index (χ0v) is 26.8. The van der Waals surface area contributed by atoms with E-state index < -0.39 is 18.0 Å². The van der Waals surface area contributed by atoms with Gasteiger partial charge in [-0.3, -0.25) is 14.4 Å². The van der Waals surface area contributed by atoms with Crippen molar-refractivity contribution in [2.45, 2.75) is 77.2 Å². The molecule has 0 radical (unpaired) electrons. The summed E-state index contributed by atoms with van der Waals surface area (Å²) in [6.45, 7) is 11.4. The number of H-pyrrole nitrogens is 2. The zero-order chi connectivity index (χ0) is 32.7.